The molecule has 1 aromatic heterocycles. The normalized spacial score (nSPS) is 20.1. The number of carbonyl (C=O) groups excluding carboxylic acids is 1. The van der Waals surface area contributed by atoms with Gasteiger partial charge in [-0.3, -0.25) is 9.59 Å². The van der Waals surface area contributed by atoms with Gasteiger partial charge >= 0.3 is 0 Å². The molecule has 1 atom stereocenters. The molecule has 0 saturated heterocycles. The highest BCUT2D eigenvalue weighted by molar-refractivity contribution is 7.80. The maximum atomic E-state index is 11.5. The van der Waals surface area contributed by atoms with Crippen LogP contribution >= 0.6 is 12.6 Å². The molecule has 4 nitrogen and oxygen atoms in total. The van der Waals surface area contributed by atoms with Crippen molar-refractivity contribution < 1.29 is 9.53 Å². The van der Waals surface area contributed by atoms with E-state index in [0.29, 0.717) is 11.4 Å². The second kappa shape index (κ2) is 3.16. The third-order valence-electron chi connectivity index (χ3n) is 2.03. The molecule has 0 fully saturated rings. The Labute approximate surface area is 85.7 Å². The number of aromatic nitrogens is 1. The molecule has 1 unspecified atom stereocenters. The van der Waals surface area contributed by atoms with Gasteiger partial charge < -0.3 is 9.72 Å². The van der Waals surface area contributed by atoms with Gasteiger partial charge in [-0.2, -0.15) is 0 Å². The second-order valence-corrected chi connectivity index (χ2v) is 3.80. The lowest BCUT2D eigenvalue weighted by molar-refractivity contribution is 0.0916. The predicted molar refractivity (Wildman–Crippen MR) is 54.1 cm³/mol. The molecular formula is C9H9NO3S. The fourth-order valence-electron chi connectivity index (χ4n) is 1.46. The van der Waals surface area contributed by atoms with Crippen LogP contribution in [0.25, 0.3) is 0 Å². The highest BCUT2D eigenvalue weighted by atomic mass is 32.1. The molecule has 1 aliphatic rings. The first-order chi connectivity index (χ1) is 6.58. The number of H-pyrrole nitrogens is 1. The van der Waals surface area contributed by atoms with Gasteiger partial charge in [0, 0.05) is 11.8 Å². The Hall–Kier alpha value is -1.23. The van der Waals surface area contributed by atoms with Crippen molar-refractivity contribution in [3.8, 4) is 5.75 Å². The quantitative estimate of drug-likeness (QED) is 0.627. The summed E-state index contributed by atoms with van der Waals surface area (Å²) in [5.41, 5.74) is -0.0497. The molecule has 1 aliphatic heterocycles. The van der Waals surface area contributed by atoms with Crippen molar-refractivity contribution in [3.63, 3.8) is 0 Å². The van der Waals surface area contributed by atoms with Crippen LogP contribution in [0.3, 0.4) is 0 Å². The third kappa shape index (κ3) is 1.43. The molecule has 2 heterocycles. The number of ether oxygens (including phenoxy) is 1. The number of aromatic amines is 1. The Balaban J connectivity index is 2.65. The zero-order valence-corrected chi connectivity index (χ0v) is 8.43. The van der Waals surface area contributed by atoms with Crippen LogP contribution in [0.5, 0.6) is 5.75 Å². The van der Waals surface area contributed by atoms with Gasteiger partial charge in [0.05, 0.1) is 6.42 Å². The average molecular weight is 211 g/mol. The molecule has 0 bridgehead atoms. The van der Waals surface area contributed by atoms with Gasteiger partial charge in [0.15, 0.2) is 5.78 Å². The first-order valence-electron chi connectivity index (χ1n) is 4.20. The molecule has 0 aromatic carbocycles. The van der Waals surface area contributed by atoms with E-state index in [1.165, 1.54) is 0 Å². The average Bonchev–Trinajstić information content (AvgIpc) is 1.99. The number of fused-ring (bicyclic) bond motifs is 1. The number of hydrogen-bond acceptors (Lipinski definition) is 4. The molecule has 2 rings (SSSR count). The molecule has 14 heavy (non-hydrogen) atoms. The van der Waals surface area contributed by atoms with Crippen molar-refractivity contribution in [3.05, 3.63) is 27.7 Å². The number of thiol groups is 1. The molecule has 1 aromatic rings. The first kappa shape index (κ1) is 9.33. The lowest BCUT2D eigenvalue weighted by Crippen LogP contribution is -2.29. The van der Waals surface area contributed by atoms with Crippen LogP contribution < -0.4 is 10.3 Å². The van der Waals surface area contributed by atoms with Gasteiger partial charge in [-0.15, -0.1) is 12.6 Å². The maximum absolute atomic E-state index is 11.5. The predicted octanol–water partition coefficient (Wildman–Crippen LogP) is 0.904. The summed E-state index contributed by atoms with van der Waals surface area (Å²) in [6.07, 6.45) is 0.141. The zero-order valence-electron chi connectivity index (χ0n) is 7.53. The Morgan fingerprint density at radius 3 is 3.00 bits per heavy atom. The van der Waals surface area contributed by atoms with Crippen molar-refractivity contribution in [2.24, 2.45) is 0 Å². The van der Waals surface area contributed by atoms with Crippen molar-refractivity contribution >= 4 is 18.4 Å². The SMILES string of the molecule is Cc1cc2c(c(=O)[nH]1)C(=O)CC(S)O2. The molecule has 5 heteroatoms. The molecule has 0 aliphatic carbocycles. The van der Waals surface area contributed by atoms with E-state index < -0.39 is 5.44 Å². The van der Waals surface area contributed by atoms with Crippen molar-refractivity contribution in [1.29, 1.82) is 0 Å². The summed E-state index contributed by atoms with van der Waals surface area (Å²) in [6, 6.07) is 1.64. The fourth-order valence-corrected chi connectivity index (χ4v) is 1.74. The van der Waals surface area contributed by atoms with Crippen LogP contribution in [0.4, 0.5) is 0 Å². The highest BCUT2D eigenvalue weighted by Gasteiger charge is 2.27. The molecule has 74 valence electrons. The topological polar surface area (TPSA) is 59.2 Å². The van der Waals surface area contributed by atoms with Crippen LogP contribution in [0.2, 0.25) is 0 Å². The number of pyridine rings is 1. The van der Waals surface area contributed by atoms with Crippen LogP contribution in [0.15, 0.2) is 10.9 Å². The number of aryl methyl sites for hydroxylation is 1. The van der Waals surface area contributed by atoms with Gasteiger partial charge in [0.25, 0.3) is 5.56 Å². The minimum atomic E-state index is -0.448. The van der Waals surface area contributed by atoms with E-state index in [2.05, 4.69) is 17.6 Å². The van der Waals surface area contributed by atoms with Crippen LogP contribution in [-0.2, 0) is 0 Å². The minimum Gasteiger partial charge on any atom is -0.479 e. The molecule has 1 N–H and O–H groups in total. The fraction of sp³-hybridized carbons (Fsp3) is 0.333. The number of Topliss-reactive ketones (excluding diaryl/α,β-unsaturated/α-hetero) is 1. The van der Waals surface area contributed by atoms with Gasteiger partial charge in [0.2, 0.25) is 0 Å². The number of ketones is 1. The first-order valence-corrected chi connectivity index (χ1v) is 4.71. The molecule has 0 amide bonds. The van der Waals surface area contributed by atoms with Crippen LogP contribution in [-0.4, -0.2) is 16.2 Å². The third-order valence-corrected chi connectivity index (χ3v) is 2.32. The van der Waals surface area contributed by atoms with Gasteiger partial charge in [-0.25, -0.2) is 0 Å². The number of rotatable bonds is 0. The summed E-state index contributed by atoms with van der Waals surface area (Å²) >= 11 is 4.06. The Morgan fingerprint density at radius 1 is 1.57 bits per heavy atom. The Morgan fingerprint density at radius 2 is 2.29 bits per heavy atom. The molecular weight excluding hydrogens is 202 g/mol. The highest BCUT2D eigenvalue weighted by Crippen LogP contribution is 2.26. The number of hydrogen-bond donors (Lipinski definition) is 2. The van der Waals surface area contributed by atoms with E-state index in [-0.39, 0.29) is 23.3 Å². The molecule has 0 saturated carbocycles. The number of carbonyl (C=O) groups is 1. The minimum absolute atomic E-state index is 0.112. The Kier molecular flexibility index (Phi) is 2.11. The summed E-state index contributed by atoms with van der Waals surface area (Å²) in [7, 11) is 0. The van der Waals surface area contributed by atoms with Gasteiger partial charge in [0.1, 0.15) is 16.7 Å². The standard InChI is InChI=1S/C9H9NO3S/c1-4-2-6-8(9(12)10-4)5(11)3-7(14)13-6/h2,7,14H,3H2,1H3,(H,10,12). The van der Waals surface area contributed by atoms with E-state index in [4.69, 9.17) is 4.74 Å². The smallest absolute Gasteiger partial charge is 0.262 e. The maximum Gasteiger partial charge on any atom is 0.262 e. The van der Waals surface area contributed by atoms with E-state index >= 15 is 0 Å². The summed E-state index contributed by atoms with van der Waals surface area (Å²) in [5.74, 6) is 0.120. The van der Waals surface area contributed by atoms with E-state index in [1.807, 2.05) is 0 Å². The lowest BCUT2D eigenvalue weighted by Gasteiger charge is -2.20. The summed E-state index contributed by atoms with van der Waals surface area (Å²) in [5, 5.41) is 0. The molecule has 0 radical (unpaired) electrons. The lowest BCUT2D eigenvalue weighted by atomic mass is 10.1. The van der Waals surface area contributed by atoms with Crippen LogP contribution in [0, 0.1) is 6.92 Å². The summed E-state index contributed by atoms with van der Waals surface area (Å²) in [6.45, 7) is 1.73. The zero-order chi connectivity index (χ0) is 10.3. The summed E-state index contributed by atoms with van der Waals surface area (Å²) in [4.78, 5) is 25.5. The van der Waals surface area contributed by atoms with E-state index in [9.17, 15) is 9.59 Å². The van der Waals surface area contributed by atoms with Crippen molar-refractivity contribution in [2.75, 3.05) is 0 Å². The largest absolute Gasteiger partial charge is 0.479 e. The monoisotopic (exact) mass is 211 g/mol. The van der Waals surface area contributed by atoms with Crippen molar-refractivity contribution in [2.45, 2.75) is 18.8 Å². The van der Waals surface area contributed by atoms with Crippen molar-refractivity contribution in [1.82, 2.24) is 4.98 Å². The van der Waals surface area contributed by atoms with Gasteiger partial charge in [-0.05, 0) is 6.92 Å². The second-order valence-electron chi connectivity index (χ2n) is 3.22. The van der Waals surface area contributed by atoms with E-state index in [1.54, 1.807) is 13.0 Å². The molecule has 0 spiro atoms. The number of nitrogens with one attached hydrogen (secondary N) is 1. The van der Waals surface area contributed by atoms with Crippen LogP contribution in [0.1, 0.15) is 22.5 Å². The Bertz CT molecular complexity index is 452. The van der Waals surface area contributed by atoms with Gasteiger partial charge in [-0.1, -0.05) is 0 Å². The van der Waals surface area contributed by atoms with E-state index in [0.717, 1.165) is 0 Å². The summed E-state index contributed by atoms with van der Waals surface area (Å²) < 4.78 is 5.29.